The highest BCUT2D eigenvalue weighted by Crippen LogP contribution is 2.19. The Kier molecular flexibility index (Phi) is 5.98. The maximum Gasteiger partial charge on any atom is 0.213 e. The molecule has 1 aromatic heterocycles. The van der Waals surface area contributed by atoms with Crippen LogP contribution in [0, 0.1) is 0 Å². The highest BCUT2D eigenvalue weighted by Gasteiger charge is 2.06. The van der Waals surface area contributed by atoms with Gasteiger partial charge in [-0.25, -0.2) is 4.98 Å². The molecule has 3 heteroatoms. The zero-order valence-corrected chi connectivity index (χ0v) is 11.1. The van der Waals surface area contributed by atoms with Gasteiger partial charge < -0.3 is 9.84 Å². The van der Waals surface area contributed by atoms with Crippen LogP contribution in [0.4, 0.5) is 0 Å². The van der Waals surface area contributed by atoms with Crippen molar-refractivity contribution in [3.8, 4) is 5.88 Å². The molecule has 0 fully saturated rings. The minimum absolute atomic E-state index is 0.0353. The van der Waals surface area contributed by atoms with E-state index in [1.165, 1.54) is 12.8 Å². The zero-order chi connectivity index (χ0) is 12.7. The third-order valence-corrected chi connectivity index (χ3v) is 2.65. The molecule has 0 spiro atoms. The number of nitrogens with zero attached hydrogens (tertiary/aromatic N) is 1. The molecule has 3 nitrogen and oxygen atoms in total. The number of hydrogen-bond acceptors (Lipinski definition) is 3. The Labute approximate surface area is 104 Å². The molecule has 17 heavy (non-hydrogen) atoms. The van der Waals surface area contributed by atoms with Crippen LogP contribution in [0.2, 0.25) is 0 Å². The summed E-state index contributed by atoms with van der Waals surface area (Å²) in [5.74, 6) is 0.982. The van der Waals surface area contributed by atoms with Gasteiger partial charge in [0.15, 0.2) is 0 Å². The lowest BCUT2D eigenvalue weighted by molar-refractivity contribution is 0.274. The summed E-state index contributed by atoms with van der Waals surface area (Å²) in [7, 11) is 0. The molecule has 0 radical (unpaired) electrons. The van der Waals surface area contributed by atoms with E-state index < -0.39 is 0 Å². The fourth-order valence-corrected chi connectivity index (χ4v) is 1.57. The van der Waals surface area contributed by atoms with E-state index in [1.807, 2.05) is 12.1 Å². The average Bonchev–Trinajstić information content (AvgIpc) is 2.34. The largest absolute Gasteiger partial charge is 0.478 e. The van der Waals surface area contributed by atoms with Crippen molar-refractivity contribution in [1.29, 1.82) is 0 Å². The van der Waals surface area contributed by atoms with Crippen LogP contribution in [-0.4, -0.2) is 16.7 Å². The van der Waals surface area contributed by atoms with Gasteiger partial charge in [0, 0.05) is 11.8 Å². The first-order valence-electron chi connectivity index (χ1n) is 6.41. The van der Waals surface area contributed by atoms with Crippen LogP contribution < -0.4 is 4.74 Å². The molecule has 0 aromatic carbocycles. The lowest BCUT2D eigenvalue weighted by atomic mass is 10.1. The third-order valence-electron chi connectivity index (χ3n) is 2.65. The summed E-state index contributed by atoms with van der Waals surface area (Å²) < 4.78 is 5.62. The topological polar surface area (TPSA) is 42.4 Å². The molecule has 1 N–H and O–H groups in total. The second-order valence-electron chi connectivity index (χ2n) is 4.61. The number of unbranched alkanes of at least 4 members (excludes halogenated alkanes) is 2. The lowest BCUT2D eigenvalue weighted by Crippen LogP contribution is -2.03. The summed E-state index contributed by atoms with van der Waals surface area (Å²) in [4.78, 5) is 4.45. The van der Waals surface area contributed by atoms with Gasteiger partial charge in [-0.3, -0.25) is 0 Å². The molecule has 96 valence electrons. The molecule has 0 aliphatic heterocycles. The van der Waals surface area contributed by atoms with E-state index in [-0.39, 0.29) is 6.61 Å². The van der Waals surface area contributed by atoms with E-state index in [4.69, 9.17) is 4.74 Å². The summed E-state index contributed by atoms with van der Waals surface area (Å²) in [6, 6.07) is 3.75. The van der Waals surface area contributed by atoms with Crippen LogP contribution in [0.3, 0.4) is 0 Å². The molecule has 0 unspecified atom stereocenters. The number of ether oxygens (including phenoxy) is 1. The summed E-state index contributed by atoms with van der Waals surface area (Å²) in [5.41, 5.74) is 1.84. The third kappa shape index (κ3) is 4.73. The van der Waals surface area contributed by atoms with E-state index >= 15 is 0 Å². The van der Waals surface area contributed by atoms with Crippen LogP contribution >= 0.6 is 0 Å². The van der Waals surface area contributed by atoms with Crippen LogP contribution in [0.15, 0.2) is 12.1 Å². The number of aliphatic hydroxyl groups is 1. The molecule has 0 aliphatic rings. The Bertz CT molecular complexity index is 337. The molecule has 0 aliphatic carbocycles. The normalized spacial score (nSPS) is 10.9. The predicted molar refractivity (Wildman–Crippen MR) is 69.3 cm³/mol. The van der Waals surface area contributed by atoms with Crippen LogP contribution in [-0.2, 0) is 6.61 Å². The maximum absolute atomic E-state index is 9.19. The van der Waals surface area contributed by atoms with Crippen molar-refractivity contribution in [3.05, 3.63) is 23.4 Å². The van der Waals surface area contributed by atoms with Gasteiger partial charge in [0.05, 0.1) is 13.2 Å². The van der Waals surface area contributed by atoms with E-state index in [2.05, 4.69) is 25.8 Å². The van der Waals surface area contributed by atoms with Gasteiger partial charge >= 0.3 is 0 Å². The Morgan fingerprint density at radius 1 is 1.29 bits per heavy atom. The van der Waals surface area contributed by atoms with E-state index in [1.54, 1.807) is 0 Å². The van der Waals surface area contributed by atoms with Crippen LogP contribution in [0.1, 0.15) is 57.2 Å². The fraction of sp³-hybridized carbons (Fsp3) is 0.643. The first-order chi connectivity index (χ1) is 8.17. The highest BCUT2D eigenvalue weighted by atomic mass is 16.5. The van der Waals surface area contributed by atoms with Gasteiger partial charge in [-0.15, -0.1) is 0 Å². The first-order valence-corrected chi connectivity index (χ1v) is 6.41. The molecule has 0 saturated carbocycles. The van der Waals surface area contributed by atoms with Gasteiger partial charge in [0.1, 0.15) is 0 Å². The fourth-order valence-electron chi connectivity index (χ4n) is 1.57. The molecule has 0 bridgehead atoms. The van der Waals surface area contributed by atoms with Gasteiger partial charge in [0.2, 0.25) is 5.88 Å². The quantitative estimate of drug-likeness (QED) is 0.740. The molecule has 0 amide bonds. The number of aromatic nitrogens is 1. The van der Waals surface area contributed by atoms with Crippen LogP contribution in [0.5, 0.6) is 5.88 Å². The van der Waals surface area contributed by atoms with Crippen molar-refractivity contribution < 1.29 is 9.84 Å². The van der Waals surface area contributed by atoms with Crippen molar-refractivity contribution in [1.82, 2.24) is 4.98 Å². The Morgan fingerprint density at radius 3 is 2.65 bits per heavy atom. The second-order valence-corrected chi connectivity index (χ2v) is 4.61. The molecule has 0 saturated heterocycles. The number of rotatable bonds is 7. The van der Waals surface area contributed by atoms with E-state index in [9.17, 15) is 5.11 Å². The monoisotopic (exact) mass is 237 g/mol. The standard InChI is InChI=1S/C14H23NO2/c1-4-5-6-7-17-14-9-12(10-16)8-13(15-14)11(2)3/h8-9,11,16H,4-7,10H2,1-3H3. The maximum atomic E-state index is 9.19. The minimum Gasteiger partial charge on any atom is -0.478 e. The second kappa shape index (κ2) is 7.28. The molecule has 1 rings (SSSR count). The van der Waals surface area contributed by atoms with Crippen molar-refractivity contribution in [2.24, 2.45) is 0 Å². The first kappa shape index (κ1) is 14.0. The predicted octanol–water partition coefficient (Wildman–Crippen LogP) is 3.27. The Morgan fingerprint density at radius 2 is 2.06 bits per heavy atom. The van der Waals surface area contributed by atoms with Crippen molar-refractivity contribution >= 4 is 0 Å². The molecule has 1 aromatic rings. The Balaban J connectivity index is 2.66. The molecular weight excluding hydrogens is 214 g/mol. The number of pyridine rings is 1. The summed E-state index contributed by atoms with van der Waals surface area (Å²) in [5, 5.41) is 9.19. The van der Waals surface area contributed by atoms with Gasteiger partial charge in [-0.2, -0.15) is 0 Å². The number of hydrogen-bond donors (Lipinski definition) is 1. The Hall–Kier alpha value is -1.09. The van der Waals surface area contributed by atoms with Gasteiger partial charge in [-0.05, 0) is 24.0 Å². The van der Waals surface area contributed by atoms with E-state index in [0.717, 1.165) is 17.7 Å². The van der Waals surface area contributed by atoms with Gasteiger partial charge in [0.25, 0.3) is 0 Å². The van der Waals surface area contributed by atoms with Crippen molar-refractivity contribution in [2.45, 2.75) is 52.6 Å². The molecule has 1 heterocycles. The van der Waals surface area contributed by atoms with Gasteiger partial charge in [-0.1, -0.05) is 33.6 Å². The summed E-state index contributed by atoms with van der Waals surface area (Å²) in [6.07, 6.45) is 3.42. The molecule has 0 atom stereocenters. The number of aliphatic hydroxyl groups excluding tert-OH is 1. The minimum atomic E-state index is 0.0353. The average molecular weight is 237 g/mol. The van der Waals surface area contributed by atoms with Crippen molar-refractivity contribution in [3.63, 3.8) is 0 Å². The van der Waals surface area contributed by atoms with Crippen LogP contribution in [0.25, 0.3) is 0 Å². The summed E-state index contributed by atoms with van der Waals surface area (Å²) in [6.45, 7) is 7.08. The highest BCUT2D eigenvalue weighted by molar-refractivity contribution is 5.26. The summed E-state index contributed by atoms with van der Waals surface area (Å²) >= 11 is 0. The smallest absolute Gasteiger partial charge is 0.213 e. The lowest BCUT2D eigenvalue weighted by Gasteiger charge is -2.11. The molecular formula is C14H23NO2. The SMILES string of the molecule is CCCCCOc1cc(CO)cc(C(C)C)n1. The zero-order valence-electron chi connectivity index (χ0n) is 11.1. The van der Waals surface area contributed by atoms with Crippen molar-refractivity contribution in [2.75, 3.05) is 6.61 Å². The van der Waals surface area contributed by atoms with E-state index in [0.29, 0.717) is 18.4 Å².